The van der Waals surface area contributed by atoms with Crippen LogP contribution >= 0.6 is 0 Å². The normalized spacial score (nSPS) is 10.8. The van der Waals surface area contributed by atoms with E-state index in [4.69, 9.17) is 9.47 Å². The number of hydrogen-bond donors (Lipinski definition) is 1. The summed E-state index contributed by atoms with van der Waals surface area (Å²) in [6.07, 6.45) is 0. The number of halogens is 1. The average Bonchev–Trinajstić information content (AvgIpc) is 3.35. The van der Waals surface area contributed by atoms with Gasteiger partial charge in [0.2, 0.25) is 5.91 Å². The molecule has 38 heavy (non-hydrogen) atoms. The lowest BCUT2D eigenvalue weighted by molar-refractivity contribution is -0.117. The fourth-order valence-corrected chi connectivity index (χ4v) is 4.03. The van der Waals surface area contributed by atoms with Crippen molar-refractivity contribution in [3.05, 3.63) is 90.2 Å². The number of methoxy groups -OCH3 is 2. The summed E-state index contributed by atoms with van der Waals surface area (Å²) < 4.78 is 25.9. The highest BCUT2D eigenvalue weighted by molar-refractivity contribution is 6.03. The molecule has 0 aliphatic heterocycles. The van der Waals surface area contributed by atoms with E-state index < -0.39 is 11.8 Å². The lowest BCUT2D eigenvalue weighted by Gasteiger charge is -2.27. The van der Waals surface area contributed by atoms with Gasteiger partial charge in [-0.3, -0.25) is 9.59 Å². The summed E-state index contributed by atoms with van der Waals surface area (Å²) in [5.41, 5.74) is 2.29. The van der Waals surface area contributed by atoms with Gasteiger partial charge in [0, 0.05) is 17.7 Å². The van der Waals surface area contributed by atoms with E-state index in [0.717, 1.165) is 5.56 Å². The third-order valence-electron chi connectivity index (χ3n) is 5.96. The van der Waals surface area contributed by atoms with Crippen molar-refractivity contribution in [1.82, 2.24) is 14.7 Å². The minimum atomic E-state index is -0.427. The first kappa shape index (κ1) is 26.4. The zero-order chi connectivity index (χ0) is 27.2. The molecule has 4 rings (SSSR count). The van der Waals surface area contributed by atoms with Gasteiger partial charge in [0.1, 0.15) is 35.2 Å². The molecule has 0 unspecified atom stereocenters. The van der Waals surface area contributed by atoms with Gasteiger partial charge in [-0.25, -0.2) is 9.07 Å². The number of nitrogens with zero attached hydrogens (tertiary/aromatic N) is 3. The number of amides is 2. The molecule has 0 bridgehead atoms. The number of aromatic nitrogens is 2. The summed E-state index contributed by atoms with van der Waals surface area (Å²) in [6, 6.07) is 21.8. The van der Waals surface area contributed by atoms with Crippen molar-refractivity contribution in [1.29, 1.82) is 0 Å². The number of rotatable bonds is 9. The molecule has 1 aromatic heterocycles. The highest BCUT2D eigenvalue weighted by Crippen LogP contribution is 2.30. The third kappa shape index (κ3) is 5.67. The smallest absolute Gasteiger partial charge is 0.262 e. The highest BCUT2D eigenvalue weighted by atomic mass is 19.1. The summed E-state index contributed by atoms with van der Waals surface area (Å²) in [7, 11) is 2.94. The second-order valence-corrected chi connectivity index (χ2v) is 8.78. The summed E-state index contributed by atoms with van der Waals surface area (Å²) in [5, 5.41) is 7.52. The molecule has 4 aromatic rings. The Bertz CT molecular complexity index is 1400. The second kappa shape index (κ2) is 11.6. The molecular weight excluding hydrogens is 487 g/mol. The molecule has 0 fully saturated rings. The number of hydrogen-bond acceptors (Lipinski definition) is 5. The predicted molar refractivity (Wildman–Crippen MR) is 143 cm³/mol. The van der Waals surface area contributed by atoms with Crippen LogP contribution in [-0.2, 0) is 4.79 Å². The molecule has 0 radical (unpaired) electrons. The van der Waals surface area contributed by atoms with Crippen LogP contribution in [0.25, 0.3) is 16.9 Å². The predicted octanol–water partition coefficient (Wildman–Crippen LogP) is 5.18. The molecule has 0 saturated heterocycles. The zero-order valence-corrected chi connectivity index (χ0v) is 21.6. The Morgan fingerprint density at radius 1 is 0.947 bits per heavy atom. The molecule has 0 spiro atoms. The largest absolute Gasteiger partial charge is 0.496 e. The fourth-order valence-electron chi connectivity index (χ4n) is 4.03. The maximum Gasteiger partial charge on any atom is 0.262 e. The van der Waals surface area contributed by atoms with Gasteiger partial charge in [0.25, 0.3) is 5.91 Å². The SMILES string of the molecule is COc1cccc(OC)c1C(=O)N(CC(=O)Nc1cc(-c2ccccc2)nn1-c1ccc(F)cc1)C(C)C. The van der Waals surface area contributed by atoms with Crippen molar-refractivity contribution in [2.75, 3.05) is 26.1 Å². The molecule has 8 nitrogen and oxygen atoms in total. The van der Waals surface area contributed by atoms with Crippen LogP contribution in [0.1, 0.15) is 24.2 Å². The van der Waals surface area contributed by atoms with E-state index in [0.29, 0.717) is 28.7 Å². The second-order valence-electron chi connectivity index (χ2n) is 8.78. The molecular formula is C29H29FN4O4. The number of anilines is 1. The quantitative estimate of drug-likeness (QED) is 0.331. The number of nitrogens with one attached hydrogen (secondary N) is 1. The van der Waals surface area contributed by atoms with E-state index in [-0.39, 0.29) is 24.0 Å². The van der Waals surface area contributed by atoms with E-state index in [1.807, 2.05) is 44.2 Å². The van der Waals surface area contributed by atoms with Gasteiger partial charge >= 0.3 is 0 Å². The highest BCUT2D eigenvalue weighted by Gasteiger charge is 2.28. The molecule has 1 heterocycles. The Morgan fingerprint density at radius 2 is 1.58 bits per heavy atom. The maximum absolute atomic E-state index is 13.6. The van der Waals surface area contributed by atoms with E-state index in [1.54, 1.807) is 36.4 Å². The summed E-state index contributed by atoms with van der Waals surface area (Å²) in [4.78, 5) is 28.3. The van der Waals surface area contributed by atoms with Crippen molar-refractivity contribution < 1.29 is 23.5 Å². The van der Waals surface area contributed by atoms with Crippen LogP contribution in [0.3, 0.4) is 0 Å². The van der Waals surface area contributed by atoms with Crippen LogP contribution in [0.4, 0.5) is 10.2 Å². The van der Waals surface area contributed by atoms with Crippen molar-refractivity contribution in [3.8, 4) is 28.4 Å². The van der Waals surface area contributed by atoms with Crippen LogP contribution in [0.2, 0.25) is 0 Å². The van der Waals surface area contributed by atoms with Gasteiger partial charge in [-0.1, -0.05) is 36.4 Å². The van der Waals surface area contributed by atoms with E-state index >= 15 is 0 Å². The number of benzene rings is 3. The molecule has 2 amide bonds. The summed E-state index contributed by atoms with van der Waals surface area (Å²) >= 11 is 0. The minimum absolute atomic E-state index is 0.229. The number of ether oxygens (including phenoxy) is 2. The number of carbonyl (C=O) groups is 2. The molecule has 0 aliphatic carbocycles. The van der Waals surface area contributed by atoms with Crippen LogP contribution in [0.15, 0.2) is 78.9 Å². The van der Waals surface area contributed by atoms with Crippen LogP contribution in [-0.4, -0.2) is 53.3 Å². The van der Waals surface area contributed by atoms with Crippen molar-refractivity contribution in [2.45, 2.75) is 19.9 Å². The van der Waals surface area contributed by atoms with Crippen molar-refractivity contribution in [2.24, 2.45) is 0 Å². The third-order valence-corrected chi connectivity index (χ3v) is 5.96. The van der Waals surface area contributed by atoms with Crippen molar-refractivity contribution in [3.63, 3.8) is 0 Å². The standard InChI is InChI=1S/C29H29FN4O4/c1-19(2)33(29(36)28-24(37-3)11-8-12-25(28)38-4)18-27(35)31-26-17-23(20-9-6-5-7-10-20)32-34(26)22-15-13-21(30)14-16-22/h5-17,19H,18H2,1-4H3,(H,31,35). The Balaban J connectivity index is 1.64. The van der Waals surface area contributed by atoms with Gasteiger partial charge < -0.3 is 19.7 Å². The Hall–Kier alpha value is -4.66. The molecule has 1 N–H and O–H groups in total. The first-order chi connectivity index (χ1) is 18.3. The van der Waals surface area contributed by atoms with Gasteiger partial charge in [-0.2, -0.15) is 5.10 Å². The van der Waals surface area contributed by atoms with Crippen LogP contribution in [0.5, 0.6) is 11.5 Å². The summed E-state index contributed by atoms with van der Waals surface area (Å²) in [6.45, 7) is 3.42. The zero-order valence-electron chi connectivity index (χ0n) is 21.6. The molecule has 9 heteroatoms. The van der Waals surface area contributed by atoms with Gasteiger partial charge in [0.15, 0.2) is 0 Å². The lowest BCUT2D eigenvalue weighted by atomic mass is 10.1. The fraction of sp³-hybridized carbons (Fsp3) is 0.207. The van der Waals surface area contributed by atoms with Gasteiger partial charge in [0.05, 0.1) is 25.6 Å². The molecule has 0 atom stereocenters. The first-order valence-corrected chi connectivity index (χ1v) is 12.1. The lowest BCUT2D eigenvalue weighted by Crippen LogP contribution is -2.42. The van der Waals surface area contributed by atoms with E-state index in [9.17, 15) is 14.0 Å². The average molecular weight is 517 g/mol. The van der Waals surface area contributed by atoms with Crippen LogP contribution in [0, 0.1) is 5.82 Å². The molecule has 0 saturated carbocycles. The summed E-state index contributed by atoms with van der Waals surface area (Å²) in [5.74, 6) is -0.131. The van der Waals surface area contributed by atoms with E-state index in [1.165, 1.54) is 35.9 Å². The number of carbonyl (C=O) groups excluding carboxylic acids is 2. The minimum Gasteiger partial charge on any atom is -0.496 e. The first-order valence-electron chi connectivity index (χ1n) is 12.1. The van der Waals surface area contributed by atoms with Crippen molar-refractivity contribution >= 4 is 17.6 Å². The van der Waals surface area contributed by atoms with E-state index in [2.05, 4.69) is 10.4 Å². The maximum atomic E-state index is 13.6. The Morgan fingerprint density at radius 3 is 2.16 bits per heavy atom. The monoisotopic (exact) mass is 516 g/mol. The Kier molecular flexibility index (Phi) is 8.06. The Labute approximate surface area is 220 Å². The van der Waals surface area contributed by atoms with Gasteiger partial charge in [-0.05, 0) is 50.2 Å². The molecule has 0 aliphatic rings. The van der Waals surface area contributed by atoms with Gasteiger partial charge in [-0.15, -0.1) is 0 Å². The topological polar surface area (TPSA) is 85.7 Å². The van der Waals surface area contributed by atoms with Crippen LogP contribution < -0.4 is 14.8 Å². The molecule has 3 aromatic carbocycles. The molecule has 196 valence electrons.